The van der Waals surface area contributed by atoms with E-state index in [4.69, 9.17) is 4.74 Å². The highest BCUT2D eigenvalue weighted by Crippen LogP contribution is 2.28. The third-order valence-electron chi connectivity index (χ3n) is 3.06. The van der Waals surface area contributed by atoms with Gasteiger partial charge in [0, 0.05) is 6.42 Å². The predicted octanol–water partition coefficient (Wildman–Crippen LogP) is 2.12. The molecule has 0 aliphatic carbocycles. The van der Waals surface area contributed by atoms with Crippen molar-refractivity contribution in [2.75, 3.05) is 0 Å². The van der Waals surface area contributed by atoms with Gasteiger partial charge in [0.25, 0.3) is 5.90 Å². The van der Waals surface area contributed by atoms with Crippen molar-refractivity contribution in [3.63, 3.8) is 0 Å². The maximum absolute atomic E-state index is 11.7. The molecular formula is C12H19NO3. The van der Waals surface area contributed by atoms with Crippen LogP contribution in [0.2, 0.25) is 0 Å². The summed E-state index contributed by atoms with van der Waals surface area (Å²) in [5, 5.41) is 0. The molecule has 0 saturated heterocycles. The second-order valence-corrected chi connectivity index (χ2v) is 4.64. The van der Waals surface area contributed by atoms with Gasteiger partial charge in [-0.05, 0) is 19.3 Å². The monoisotopic (exact) mass is 225 g/mol. The average Bonchev–Trinajstić information content (AvgIpc) is 2.53. The van der Waals surface area contributed by atoms with E-state index in [0.29, 0.717) is 6.42 Å². The Morgan fingerprint density at radius 1 is 1.50 bits per heavy atom. The standard InChI is InChI=1S/C12H19NO3/c1-5-6-7-9(14)10-13-12(4,8(2)3)11(15)16-10/h8H,5-7H2,1-4H3/t12-/m0/s1. The summed E-state index contributed by atoms with van der Waals surface area (Å²) in [5.41, 5.74) is -0.892. The van der Waals surface area contributed by atoms with Gasteiger partial charge in [0.15, 0.2) is 5.54 Å². The third-order valence-corrected chi connectivity index (χ3v) is 3.06. The van der Waals surface area contributed by atoms with E-state index >= 15 is 0 Å². The molecule has 1 heterocycles. The van der Waals surface area contributed by atoms with Crippen LogP contribution in [0, 0.1) is 5.92 Å². The van der Waals surface area contributed by atoms with Gasteiger partial charge in [0.2, 0.25) is 5.78 Å². The highest BCUT2D eigenvalue weighted by molar-refractivity contribution is 6.39. The summed E-state index contributed by atoms with van der Waals surface area (Å²) < 4.78 is 4.96. The molecule has 1 aliphatic rings. The molecule has 0 aromatic rings. The Kier molecular flexibility index (Phi) is 3.83. The first-order valence-electron chi connectivity index (χ1n) is 5.77. The number of hydrogen-bond donors (Lipinski definition) is 0. The summed E-state index contributed by atoms with van der Waals surface area (Å²) in [6.07, 6.45) is 2.14. The van der Waals surface area contributed by atoms with E-state index in [2.05, 4.69) is 4.99 Å². The number of hydrogen-bond acceptors (Lipinski definition) is 4. The number of Topliss-reactive ketones (excluding diaryl/α,β-unsaturated/α-hetero) is 1. The lowest BCUT2D eigenvalue weighted by atomic mass is 9.90. The Balaban J connectivity index is 2.78. The largest absolute Gasteiger partial charge is 0.402 e. The summed E-state index contributed by atoms with van der Waals surface area (Å²) in [7, 11) is 0. The second-order valence-electron chi connectivity index (χ2n) is 4.64. The molecule has 90 valence electrons. The minimum Gasteiger partial charge on any atom is -0.402 e. The van der Waals surface area contributed by atoms with Crippen LogP contribution in [0.5, 0.6) is 0 Å². The van der Waals surface area contributed by atoms with Gasteiger partial charge in [0.05, 0.1) is 0 Å². The molecule has 0 amide bonds. The number of carbonyl (C=O) groups excluding carboxylic acids is 2. The van der Waals surface area contributed by atoms with Crippen molar-refractivity contribution in [3.05, 3.63) is 0 Å². The Bertz CT molecular complexity index is 333. The van der Waals surface area contributed by atoms with Crippen molar-refractivity contribution in [1.29, 1.82) is 0 Å². The summed E-state index contributed by atoms with van der Waals surface area (Å²) >= 11 is 0. The van der Waals surface area contributed by atoms with Crippen LogP contribution in [-0.4, -0.2) is 23.2 Å². The fourth-order valence-corrected chi connectivity index (χ4v) is 1.40. The molecule has 1 rings (SSSR count). The first-order chi connectivity index (χ1) is 7.41. The minimum atomic E-state index is -0.892. The summed E-state index contributed by atoms with van der Waals surface area (Å²) in [4.78, 5) is 27.4. The van der Waals surface area contributed by atoms with Crippen LogP contribution in [0.3, 0.4) is 0 Å². The van der Waals surface area contributed by atoms with Gasteiger partial charge in [-0.25, -0.2) is 9.79 Å². The quantitative estimate of drug-likeness (QED) is 0.673. The van der Waals surface area contributed by atoms with Gasteiger partial charge < -0.3 is 4.74 Å². The molecule has 16 heavy (non-hydrogen) atoms. The van der Waals surface area contributed by atoms with Gasteiger partial charge in [-0.3, -0.25) is 4.79 Å². The van der Waals surface area contributed by atoms with Crippen molar-refractivity contribution in [3.8, 4) is 0 Å². The maximum Gasteiger partial charge on any atom is 0.340 e. The number of cyclic esters (lactones) is 1. The molecule has 0 N–H and O–H groups in total. The summed E-state index contributed by atoms with van der Waals surface area (Å²) in [6.45, 7) is 7.50. The number of aliphatic imine (C=N–C) groups is 1. The Hall–Kier alpha value is -1.19. The third kappa shape index (κ3) is 2.31. The topological polar surface area (TPSA) is 55.7 Å². The van der Waals surface area contributed by atoms with Crippen LogP contribution in [0.15, 0.2) is 4.99 Å². The first kappa shape index (κ1) is 12.9. The number of rotatable bonds is 5. The van der Waals surface area contributed by atoms with Crippen molar-refractivity contribution >= 4 is 17.7 Å². The lowest BCUT2D eigenvalue weighted by molar-refractivity contribution is -0.140. The van der Waals surface area contributed by atoms with Gasteiger partial charge in [-0.1, -0.05) is 27.2 Å². The number of ketones is 1. The summed E-state index contributed by atoms with van der Waals surface area (Å²) in [6, 6.07) is 0. The molecule has 0 saturated carbocycles. The predicted molar refractivity (Wildman–Crippen MR) is 61.3 cm³/mol. The number of unbranched alkanes of at least 4 members (excludes halogenated alkanes) is 1. The molecule has 1 atom stereocenters. The van der Waals surface area contributed by atoms with Crippen LogP contribution in [-0.2, 0) is 14.3 Å². The summed E-state index contributed by atoms with van der Waals surface area (Å²) in [5.74, 6) is -0.562. The zero-order valence-electron chi connectivity index (χ0n) is 10.4. The van der Waals surface area contributed by atoms with E-state index < -0.39 is 11.5 Å². The highest BCUT2D eigenvalue weighted by atomic mass is 16.6. The van der Waals surface area contributed by atoms with Crippen LogP contribution in [0.25, 0.3) is 0 Å². The molecule has 0 fully saturated rings. The van der Waals surface area contributed by atoms with Gasteiger partial charge >= 0.3 is 5.97 Å². The smallest absolute Gasteiger partial charge is 0.340 e. The molecule has 0 unspecified atom stereocenters. The molecule has 4 heteroatoms. The molecule has 0 bridgehead atoms. The number of ether oxygens (including phenoxy) is 1. The molecule has 1 aliphatic heterocycles. The van der Waals surface area contributed by atoms with Crippen molar-refractivity contribution in [2.45, 2.75) is 52.5 Å². The van der Waals surface area contributed by atoms with E-state index in [9.17, 15) is 9.59 Å². The molecule has 4 nitrogen and oxygen atoms in total. The normalized spacial score (nSPS) is 24.6. The minimum absolute atomic E-state index is 0.00495. The SMILES string of the molecule is CCCCC(=O)C1=N[C@@](C)(C(C)C)C(=O)O1. The zero-order chi connectivity index (χ0) is 12.3. The lowest BCUT2D eigenvalue weighted by Gasteiger charge is -2.19. The van der Waals surface area contributed by atoms with Crippen molar-refractivity contribution < 1.29 is 14.3 Å². The molecule has 0 spiro atoms. The average molecular weight is 225 g/mol. The van der Waals surface area contributed by atoms with E-state index in [-0.39, 0.29) is 17.6 Å². The van der Waals surface area contributed by atoms with Crippen molar-refractivity contribution in [1.82, 2.24) is 0 Å². The van der Waals surface area contributed by atoms with Crippen molar-refractivity contribution in [2.24, 2.45) is 10.9 Å². The van der Waals surface area contributed by atoms with Gasteiger partial charge in [-0.15, -0.1) is 0 Å². The number of esters is 1. The Labute approximate surface area is 96.1 Å². The van der Waals surface area contributed by atoms with E-state index in [1.807, 2.05) is 20.8 Å². The zero-order valence-corrected chi connectivity index (χ0v) is 10.4. The fourth-order valence-electron chi connectivity index (χ4n) is 1.40. The maximum atomic E-state index is 11.7. The Morgan fingerprint density at radius 3 is 2.56 bits per heavy atom. The Morgan fingerprint density at radius 2 is 2.12 bits per heavy atom. The first-order valence-corrected chi connectivity index (χ1v) is 5.77. The second kappa shape index (κ2) is 4.76. The number of carbonyl (C=O) groups is 2. The van der Waals surface area contributed by atoms with Crippen LogP contribution >= 0.6 is 0 Å². The van der Waals surface area contributed by atoms with Crippen LogP contribution in [0.4, 0.5) is 0 Å². The van der Waals surface area contributed by atoms with Gasteiger partial charge in [0.1, 0.15) is 0 Å². The van der Waals surface area contributed by atoms with E-state index in [0.717, 1.165) is 12.8 Å². The number of nitrogens with zero attached hydrogens (tertiary/aromatic N) is 1. The van der Waals surface area contributed by atoms with E-state index in [1.54, 1.807) is 6.92 Å². The lowest BCUT2D eigenvalue weighted by Crippen LogP contribution is -2.35. The van der Waals surface area contributed by atoms with Crippen LogP contribution < -0.4 is 0 Å². The van der Waals surface area contributed by atoms with E-state index in [1.165, 1.54) is 0 Å². The molecule has 0 aromatic carbocycles. The van der Waals surface area contributed by atoms with Gasteiger partial charge in [-0.2, -0.15) is 0 Å². The molecular weight excluding hydrogens is 206 g/mol. The highest BCUT2D eigenvalue weighted by Gasteiger charge is 2.45. The molecule has 0 aromatic heterocycles. The van der Waals surface area contributed by atoms with Crippen LogP contribution in [0.1, 0.15) is 47.0 Å². The molecule has 0 radical (unpaired) electrons. The fraction of sp³-hybridized carbons (Fsp3) is 0.750.